The molecular weight excluding hydrogens is 867 g/mol. The summed E-state index contributed by atoms with van der Waals surface area (Å²) in [7, 11) is 0. The Morgan fingerprint density at radius 3 is 1.94 bits per heavy atom. The topological polar surface area (TPSA) is 205 Å². The van der Waals surface area contributed by atoms with Crippen LogP contribution in [0.3, 0.4) is 0 Å². The fraction of sp³-hybridized carbons (Fsp3) is 0.306. The van der Waals surface area contributed by atoms with Gasteiger partial charge in [-0.15, -0.1) is 6.58 Å². The lowest BCUT2D eigenvalue weighted by molar-refractivity contribution is -0.149. The van der Waals surface area contributed by atoms with Crippen LogP contribution in [0, 0.1) is 0 Å². The van der Waals surface area contributed by atoms with Gasteiger partial charge < -0.3 is 31.7 Å². The van der Waals surface area contributed by atoms with Gasteiger partial charge in [0, 0.05) is 38.2 Å². The van der Waals surface area contributed by atoms with E-state index < -0.39 is 53.8 Å². The lowest BCUT2D eigenvalue weighted by Gasteiger charge is -2.26. The van der Waals surface area contributed by atoms with Gasteiger partial charge in [-0.25, -0.2) is 9.63 Å². The molecule has 5 rings (SSSR count). The molecule has 5 aromatic carbocycles. The van der Waals surface area contributed by atoms with Crippen molar-refractivity contribution in [1.82, 2.24) is 30.9 Å². The summed E-state index contributed by atoms with van der Waals surface area (Å²) in [4.78, 5) is 76.7. The molecule has 16 heteroatoms. The molecule has 0 aliphatic heterocycles. The molecule has 0 spiro atoms. The Hall–Kier alpha value is -6.48. The number of nitrogens with two attached hydrogens (primary N) is 1. The molecule has 65 heavy (non-hydrogen) atoms. The number of hydrogen-bond acceptors (Lipinski definition) is 8. The van der Waals surface area contributed by atoms with Crippen LogP contribution >= 0.6 is 23.6 Å². The molecule has 14 nitrogen and oxygen atoms in total. The highest BCUT2D eigenvalue weighted by atomic mass is 35.5. The quantitative estimate of drug-likeness (QED) is 0.00712. The Labute approximate surface area is 389 Å². The molecule has 0 aliphatic carbocycles. The number of rotatable bonds is 24. The molecule has 4 atom stereocenters. The number of unbranched alkanes of at least 4 members (excludes halogenated alkanes) is 1. The number of nitrogens with one attached hydrogen (secondary N) is 6. The maximum atomic E-state index is 14.2. The number of carbonyl (C=O) groups excluding carboxylic acids is 5. The minimum absolute atomic E-state index is 0.00840. The van der Waals surface area contributed by atoms with Gasteiger partial charge >= 0.3 is 5.97 Å². The molecule has 0 unspecified atom stereocenters. The van der Waals surface area contributed by atoms with Crippen molar-refractivity contribution in [2.75, 3.05) is 13.1 Å². The third kappa shape index (κ3) is 15.1. The predicted molar refractivity (Wildman–Crippen MR) is 257 cm³/mol. The lowest BCUT2D eigenvalue weighted by atomic mass is 9.92. The molecule has 0 saturated carbocycles. The molecule has 0 aliphatic rings. The summed E-state index contributed by atoms with van der Waals surface area (Å²) >= 11 is 11.2. The minimum Gasteiger partial charge on any atom is -0.459 e. The maximum absolute atomic E-state index is 14.2. The number of carbonyl (C=O) groups is 5. The second-order valence-corrected chi connectivity index (χ2v) is 16.0. The summed E-state index contributed by atoms with van der Waals surface area (Å²) in [6.07, 6.45) is 3.25. The first-order valence-electron chi connectivity index (χ1n) is 21.5. The highest BCUT2D eigenvalue weighted by molar-refractivity contribution is 6.21. The van der Waals surface area contributed by atoms with Crippen LogP contribution in [0.2, 0.25) is 0 Å². The second-order valence-electron chi connectivity index (χ2n) is 15.5. The zero-order valence-corrected chi connectivity index (χ0v) is 37.8. The van der Waals surface area contributed by atoms with Gasteiger partial charge in [-0.3, -0.25) is 29.0 Å². The normalized spacial score (nSPS) is 13.2. The summed E-state index contributed by atoms with van der Waals surface area (Å²) in [6, 6.07) is 31.2. The fourth-order valence-corrected chi connectivity index (χ4v) is 7.63. The summed E-state index contributed by atoms with van der Waals surface area (Å²) in [5.41, 5.74) is 9.27. The molecule has 8 N–H and O–H groups in total. The van der Waals surface area contributed by atoms with Crippen LogP contribution in [0.5, 0.6) is 0 Å². The summed E-state index contributed by atoms with van der Waals surface area (Å²) in [6.45, 7) is 5.63. The van der Waals surface area contributed by atoms with Gasteiger partial charge in [-0.1, -0.05) is 109 Å². The van der Waals surface area contributed by atoms with Gasteiger partial charge in [0.25, 0.3) is 0 Å². The third-order valence-corrected chi connectivity index (χ3v) is 11.1. The zero-order valence-electron chi connectivity index (χ0n) is 36.3. The van der Waals surface area contributed by atoms with Gasteiger partial charge in [0.1, 0.15) is 30.8 Å². The molecule has 5 aromatic rings. The molecule has 0 radical (unpaired) electrons. The Bertz CT molecular complexity index is 2440. The van der Waals surface area contributed by atoms with Crippen molar-refractivity contribution in [3.8, 4) is 11.1 Å². The standard InChI is InChI=1S/C49H56Cl2N8O6/c1-3-14-43(48(64)65-31-34-15-5-4-6-16-34)58-46(62)42(22-13-27-53-49(52)59-51)56-45(61)41(21-11-12-28-54-50)57-47(63)44(55-32(2)60)29-33-23-25-35(26-24-33)40-30-36-17-7-8-18-37(36)38-19-9-10-20-39(38)40/h3-10,15-20,23-26,30,41-44,54H,1,11-14,21-22,27-29,31H2,2H3,(H,55,60)(H,56,61)(H,57,63)(H,58,62)(H3,52,53,59)/t41-,42-,43+,44+/m1/s1. The van der Waals surface area contributed by atoms with Crippen molar-refractivity contribution < 1.29 is 28.7 Å². The average molecular weight is 924 g/mol. The van der Waals surface area contributed by atoms with E-state index in [1.54, 1.807) is 12.1 Å². The van der Waals surface area contributed by atoms with E-state index in [0.717, 1.165) is 38.4 Å². The predicted octanol–water partition coefficient (Wildman–Crippen LogP) is 6.23. The van der Waals surface area contributed by atoms with E-state index in [2.05, 4.69) is 72.8 Å². The molecule has 0 aromatic heterocycles. The number of ether oxygens (including phenoxy) is 1. The Morgan fingerprint density at radius 1 is 0.692 bits per heavy atom. The van der Waals surface area contributed by atoms with Crippen LogP contribution in [0.25, 0.3) is 32.7 Å². The van der Waals surface area contributed by atoms with Crippen molar-refractivity contribution in [3.05, 3.63) is 133 Å². The molecule has 0 saturated heterocycles. The number of nitrogens with zero attached hydrogens (tertiary/aromatic N) is 1. The SMILES string of the molecule is C=CC[C@H](NC(=O)[C@@H](CCCN=C(N)NCl)NC(=O)[C@@H](CCCCNCl)NC(=O)[C@H](Cc1ccc(-c2cc3ccccc3c3ccccc23)cc1)NC(C)=O)C(=O)OCc1ccccc1. The van der Waals surface area contributed by atoms with Crippen LogP contribution < -0.4 is 36.7 Å². The number of amides is 4. The van der Waals surface area contributed by atoms with E-state index in [-0.39, 0.29) is 51.2 Å². The Balaban J connectivity index is 1.33. The Morgan fingerprint density at radius 2 is 1.29 bits per heavy atom. The lowest BCUT2D eigenvalue weighted by Crippen LogP contribution is -2.58. The largest absolute Gasteiger partial charge is 0.459 e. The number of benzene rings is 5. The minimum atomic E-state index is -1.18. The van der Waals surface area contributed by atoms with E-state index in [1.807, 2.05) is 66.7 Å². The molecule has 342 valence electrons. The summed E-state index contributed by atoms with van der Waals surface area (Å²) < 4.78 is 5.50. The Kier molecular flexibility index (Phi) is 19.6. The zero-order chi connectivity index (χ0) is 46.6. The number of guanidine groups is 1. The monoisotopic (exact) mass is 922 g/mol. The van der Waals surface area contributed by atoms with Crippen molar-refractivity contribution >= 4 is 80.7 Å². The van der Waals surface area contributed by atoms with Gasteiger partial charge in [0.15, 0.2) is 0 Å². The van der Waals surface area contributed by atoms with E-state index in [9.17, 15) is 24.0 Å². The van der Waals surface area contributed by atoms with Crippen molar-refractivity contribution in [3.63, 3.8) is 0 Å². The van der Waals surface area contributed by atoms with Crippen molar-refractivity contribution in [2.24, 2.45) is 10.7 Å². The van der Waals surface area contributed by atoms with E-state index in [1.165, 1.54) is 18.4 Å². The molecular formula is C49H56Cl2N8O6. The molecule has 0 heterocycles. The van der Waals surface area contributed by atoms with Crippen LogP contribution in [-0.4, -0.2) is 72.8 Å². The first kappa shape index (κ1) is 49.5. The van der Waals surface area contributed by atoms with E-state index >= 15 is 0 Å². The molecule has 4 amide bonds. The highest BCUT2D eigenvalue weighted by Gasteiger charge is 2.31. The maximum Gasteiger partial charge on any atom is 0.329 e. The molecule has 0 bridgehead atoms. The van der Waals surface area contributed by atoms with Crippen LogP contribution in [-0.2, 0) is 41.7 Å². The van der Waals surface area contributed by atoms with Gasteiger partial charge in [0.05, 0.1) is 0 Å². The second kappa shape index (κ2) is 25.7. The van der Waals surface area contributed by atoms with Gasteiger partial charge in [-0.05, 0) is 100 Å². The van der Waals surface area contributed by atoms with Crippen molar-refractivity contribution in [2.45, 2.75) is 82.6 Å². The average Bonchev–Trinajstić information content (AvgIpc) is 3.32. The number of halogens is 2. The van der Waals surface area contributed by atoms with Crippen LogP contribution in [0.15, 0.2) is 127 Å². The number of aliphatic imine (C=N–C) groups is 1. The first-order chi connectivity index (χ1) is 31.5. The number of esters is 1. The van der Waals surface area contributed by atoms with E-state index in [0.29, 0.717) is 19.4 Å². The summed E-state index contributed by atoms with van der Waals surface area (Å²) in [5, 5.41) is 15.6. The number of hydrogen-bond donors (Lipinski definition) is 7. The van der Waals surface area contributed by atoms with Gasteiger partial charge in [-0.2, -0.15) is 0 Å². The van der Waals surface area contributed by atoms with Crippen LogP contribution in [0.4, 0.5) is 0 Å². The third-order valence-electron chi connectivity index (χ3n) is 10.7. The van der Waals surface area contributed by atoms with Gasteiger partial charge in [0.2, 0.25) is 29.6 Å². The highest BCUT2D eigenvalue weighted by Crippen LogP contribution is 2.35. The van der Waals surface area contributed by atoms with Crippen molar-refractivity contribution in [1.29, 1.82) is 0 Å². The first-order valence-corrected chi connectivity index (χ1v) is 22.3. The molecule has 0 fully saturated rings. The smallest absolute Gasteiger partial charge is 0.329 e. The van der Waals surface area contributed by atoms with Crippen LogP contribution in [0.1, 0.15) is 56.6 Å². The summed E-state index contributed by atoms with van der Waals surface area (Å²) in [5.74, 6) is -3.05. The number of fused-ring (bicyclic) bond motifs is 3. The van der Waals surface area contributed by atoms with E-state index in [4.69, 9.17) is 34.0 Å². The fourth-order valence-electron chi connectivity index (χ4n) is 7.43.